The first-order valence-electron chi connectivity index (χ1n) is 26.9. The van der Waals surface area contributed by atoms with E-state index in [0.717, 1.165) is 57.8 Å². The molecule has 2 unspecified atom stereocenters. The van der Waals surface area contributed by atoms with Crippen molar-refractivity contribution in [3.63, 3.8) is 0 Å². The van der Waals surface area contributed by atoms with Crippen molar-refractivity contribution in [2.75, 3.05) is 47.5 Å². The van der Waals surface area contributed by atoms with Gasteiger partial charge >= 0.3 is 19.8 Å². The predicted octanol–water partition coefficient (Wildman–Crippen LogP) is 16.1. The van der Waals surface area contributed by atoms with E-state index in [1.165, 1.54) is 173 Å². The quantitative estimate of drug-likeness (QED) is 0.0211. The number of quaternary nitrogens is 1. The van der Waals surface area contributed by atoms with Crippen LogP contribution in [0.15, 0.2) is 12.2 Å². The maximum atomic E-state index is 12.7. The van der Waals surface area contributed by atoms with Gasteiger partial charge < -0.3 is 18.9 Å². The molecule has 0 radical (unpaired) electrons. The van der Waals surface area contributed by atoms with Gasteiger partial charge in [-0.1, -0.05) is 231 Å². The SMILES string of the molecule is CCCC/C=C\CCCCCCCC(=O)OC(COC(=O)CCCCCCCCCCCCCCCCCCCCCCCCCCCCCC)COP(=O)(O)OCC[N+](C)(C)C. The lowest BCUT2D eigenvalue weighted by atomic mass is 10.0. The molecule has 0 saturated heterocycles. The summed E-state index contributed by atoms with van der Waals surface area (Å²) >= 11 is 0. The van der Waals surface area contributed by atoms with Crippen LogP contribution in [0, 0.1) is 0 Å². The molecule has 63 heavy (non-hydrogen) atoms. The summed E-state index contributed by atoms with van der Waals surface area (Å²) < 4.78 is 34.4. The van der Waals surface area contributed by atoms with Crippen LogP contribution in [-0.4, -0.2) is 74.9 Å². The van der Waals surface area contributed by atoms with Crippen LogP contribution < -0.4 is 0 Å². The Morgan fingerprint density at radius 3 is 1.22 bits per heavy atom. The Kier molecular flexibility index (Phi) is 45.0. The van der Waals surface area contributed by atoms with Crippen LogP contribution in [0.4, 0.5) is 0 Å². The van der Waals surface area contributed by atoms with E-state index in [1.807, 2.05) is 21.1 Å². The Morgan fingerprint density at radius 1 is 0.476 bits per heavy atom. The molecule has 0 heterocycles. The second kappa shape index (κ2) is 45.9. The Bertz CT molecular complexity index is 1080. The molecule has 0 aliphatic heterocycles. The fourth-order valence-electron chi connectivity index (χ4n) is 7.82. The number of carbonyl (C=O) groups excluding carboxylic acids is 2. The molecule has 2 atom stereocenters. The number of esters is 2. The van der Waals surface area contributed by atoms with Crippen LogP contribution in [-0.2, 0) is 32.7 Å². The number of phosphoric acid groups is 1. The Hall–Kier alpha value is -1.25. The summed E-state index contributed by atoms with van der Waals surface area (Å²) in [5.41, 5.74) is 0. The third-order valence-electron chi connectivity index (χ3n) is 12.0. The zero-order valence-corrected chi connectivity index (χ0v) is 43.2. The average molecular weight is 915 g/mol. The normalized spacial score (nSPS) is 13.4. The molecular formula is C53H105NO8P+. The van der Waals surface area contributed by atoms with Crippen molar-refractivity contribution in [3.05, 3.63) is 12.2 Å². The van der Waals surface area contributed by atoms with Gasteiger partial charge in [0.05, 0.1) is 27.7 Å². The van der Waals surface area contributed by atoms with Crippen LogP contribution in [0.5, 0.6) is 0 Å². The van der Waals surface area contributed by atoms with Crippen LogP contribution in [0.3, 0.4) is 0 Å². The Labute approximate surface area is 390 Å². The van der Waals surface area contributed by atoms with E-state index in [2.05, 4.69) is 26.0 Å². The minimum Gasteiger partial charge on any atom is -0.462 e. The second-order valence-electron chi connectivity index (χ2n) is 19.6. The third-order valence-corrected chi connectivity index (χ3v) is 13.0. The number of nitrogens with zero attached hydrogens (tertiary/aromatic N) is 1. The van der Waals surface area contributed by atoms with Gasteiger partial charge in [-0.05, 0) is 32.1 Å². The minimum absolute atomic E-state index is 0.0333. The standard InChI is InChI=1S/C53H104NO8P/c1-6-8-10-12-14-16-18-19-20-21-22-23-24-25-26-27-28-29-30-31-32-33-34-36-37-39-41-43-45-52(55)59-49-51(50-61-63(57,58)60-48-47-54(3,4)5)62-53(56)46-44-42-40-38-35-17-15-13-11-9-7-2/h13,15,51H,6-12,14,16-50H2,1-5H3/p+1/b15-13-. The average Bonchev–Trinajstić information content (AvgIpc) is 3.24. The molecule has 0 rings (SSSR count). The van der Waals surface area contributed by atoms with Crippen molar-refractivity contribution in [2.24, 2.45) is 0 Å². The van der Waals surface area contributed by atoms with Crippen LogP contribution in [0.25, 0.3) is 0 Å². The molecular weight excluding hydrogens is 810 g/mol. The highest BCUT2D eigenvalue weighted by atomic mass is 31.2. The van der Waals surface area contributed by atoms with Crippen molar-refractivity contribution in [3.8, 4) is 0 Å². The van der Waals surface area contributed by atoms with Gasteiger partial charge in [0.2, 0.25) is 0 Å². The number of carbonyl (C=O) groups is 2. The Balaban J connectivity index is 3.99. The molecule has 0 aromatic carbocycles. The molecule has 0 aromatic heterocycles. The van der Waals surface area contributed by atoms with E-state index in [0.29, 0.717) is 23.9 Å². The molecule has 1 N–H and O–H groups in total. The molecule has 0 saturated carbocycles. The zero-order valence-electron chi connectivity index (χ0n) is 42.3. The summed E-state index contributed by atoms with van der Waals surface area (Å²) in [6.07, 6.45) is 51.5. The van der Waals surface area contributed by atoms with E-state index < -0.39 is 26.5 Å². The van der Waals surface area contributed by atoms with Crippen molar-refractivity contribution in [1.29, 1.82) is 0 Å². The van der Waals surface area contributed by atoms with Crippen molar-refractivity contribution in [1.82, 2.24) is 0 Å². The molecule has 0 aliphatic carbocycles. The van der Waals surface area contributed by atoms with Gasteiger partial charge in [-0.25, -0.2) is 4.57 Å². The fraction of sp³-hybridized carbons (Fsp3) is 0.925. The minimum atomic E-state index is -4.37. The number of likely N-dealkylation sites (N-methyl/N-ethyl adjacent to an activating group) is 1. The van der Waals surface area contributed by atoms with Gasteiger partial charge in [0.15, 0.2) is 6.10 Å². The zero-order chi connectivity index (χ0) is 46.4. The highest BCUT2D eigenvalue weighted by molar-refractivity contribution is 7.47. The van der Waals surface area contributed by atoms with Crippen LogP contribution in [0.2, 0.25) is 0 Å². The highest BCUT2D eigenvalue weighted by Crippen LogP contribution is 2.43. The summed E-state index contributed by atoms with van der Waals surface area (Å²) in [7, 11) is 1.48. The summed E-state index contributed by atoms with van der Waals surface area (Å²) in [6.45, 7) is 4.42. The Morgan fingerprint density at radius 2 is 0.825 bits per heavy atom. The largest absolute Gasteiger partial charge is 0.472 e. The van der Waals surface area contributed by atoms with E-state index in [-0.39, 0.29) is 25.6 Å². The third kappa shape index (κ3) is 50.0. The van der Waals surface area contributed by atoms with Gasteiger partial charge in [0, 0.05) is 12.8 Å². The first kappa shape index (κ1) is 61.8. The molecule has 9 nitrogen and oxygen atoms in total. The van der Waals surface area contributed by atoms with Crippen molar-refractivity contribution >= 4 is 19.8 Å². The number of rotatable bonds is 50. The van der Waals surface area contributed by atoms with Crippen molar-refractivity contribution in [2.45, 2.75) is 270 Å². The van der Waals surface area contributed by atoms with Crippen LogP contribution >= 0.6 is 7.82 Å². The van der Waals surface area contributed by atoms with E-state index in [4.69, 9.17) is 18.5 Å². The first-order valence-corrected chi connectivity index (χ1v) is 28.4. The van der Waals surface area contributed by atoms with E-state index in [9.17, 15) is 19.0 Å². The summed E-state index contributed by atoms with van der Waals surface area (Å²) in [6, 6.07) is 0. The summed E-state index contributed by atoms with van der Waals surface area (Å²) in [5, 5.41) is 0. The predicted molar refractivity (Wildman–Crippen MR) is 266 cm³/mol. The topological polar surface area (TPSA) is 108 Å². The number of hydrogen-bond acceptors (Lipinski definition) is 7. The number of phosphoric ester groups is 1. The van der Waals surface area contributed by atoms with Crippen molar-refractivity contribution < 1.29 is 42.1 Å². The van der Waals surface area contributed by atoms with Gasteiger partial charge in [0.25, 0.3) is 0 Å². The molecule has 0 bridgehead atoms. The number of ether oxygens (including phenoxy) is 2. The number of allylic oxidation sites excluding steroid dienone is 2. The fourth-order valence-corrected chi connectivity index (χ4v) is 8.56. The van der Waals surface area contributed by atoms with Gasteiger partial charge in [-0.2, -0.15) is 0 Å². The lowest BCUT2D eigenvalue weighted by Gasteiger charge is -2.24. The molecule has 0 spiro atoms. The summed E-state index contributed by atoms with van der Waals surface area (Å²) in [5.74, 6) is -0.796. The molecule has 0 aromatic rings. The van der Waals surface area contributed by atoms with Gasteiger partial charge in [-0.3, -0.25) is 18.6 Å². The lowest BCUT2D eigenvalue weighted by molar-refractivity contribution is -0.870. The van der Waals surface area contributed by atoms with Crippen LogP contribution in [0.1, 0.15) is 264 Å². The maximum absolute atomic E-state index is 12.7. The molecule has 0 amide bonds. The number of hydrogen-bond donors (Lipinski definition) is 1. The second-order valence-corrected chi connectivity index (χ2v) is 21.1. The van der Waals surface area contributed by atoms with Gasteiger partial charge in [-0.15, -0.1) is 0 Å². The molecule has 10 heteroatoms. The maximum Gasteiger partial charge on any atom is 0.472 e. The monoisotopic (exact) mass is 915 g/mol. The number of unbranched alkanes of at least 4 members (excludes halogenated alkanes) is 34. The first-order chi connectivity index (χ1) is 30.5. The lowest BCUT2D eigenvalue weighted by Crippen LogP contribution is -2.37. The summed E-state index contributed by atoms with van der Waals surface area (Å²) in [4.78, 5) is 35.4. The van der Waals surface area contributed by atoms with E-state index >= 15 is 0 Å². The smallest absolute Gasteiger partial charge is 0.462 e. The highest BCUT2D eigenvalue weighted by Gasteiger charge is 2.27. The molecule has 0 fully saturated rings. The van der Waals surface area contributed by atoms with E-state index in [1.54, 1.807) is 0 Å². The molecule has 374 valence electrons. The molecule has 0 aliphatic rings. The van der Waals surface area contributed by atoms with Gasteiger partial charge in [0.1, 0.15) is 19.8 Å².